The van der Waals surface area contributed by atoms with Gasteiger partial charge in [-0.2, -0.15) is 0 Å². The molecule has 90 valence electrons. The summed E-state index contributed by atoms with van der Waals surface area (Å²) in [4.78, 5) is 1.19. The molecular weight excluding hydrogens is 306 g/mol. The van der Waals surface area contributed by atoms with E-state index in [0.29, 0.717) is 0 Å². The Morgan fingerprint density at radius 2 is 2.19 bits per heavy atom. The van der Waals surface area contributed by atoms with Crippen molar-refractivity contribution in [2.45, 2.75) is 33.2 Å². The van der Waals surface area contributed by atoms with Crippen LogP contribution < -0.4 is 5.32 Å². The maximum atomic E-state index is 5.99. The molecule has 0 saturated heterocycles. The van der Waals surface area contributed by atoms with Crippen molar-refractivity contribution in [2.75, 3.05) is 6.54 Å². The second-order valence-electron chi connectivity index (χ2n) is 4.86. The predicted molar refractivity (Wildman–Crippen MR) is 78.4 cm³/mol. The summed E-state index contributed by atoms with van der Waals surface area (Å²) in [5.74, 6) is 0. The van der Waals surface area contributed by atoms with Crippen molar-refractivity contribution in [3.8, 4) is 0 Å². The summed E-state index contributed by atoms with van der Waals surface area (Å²) in [5.41, 5.74) is 1.46. The van der Waals surface area contributed by atoms with E-state index in [1.807, 2.05) is 6.07 Å². The van der Waals surface area contributed by atoms with Crippen LogP contribution in [0, 0.1) is 0 Å². The Bertz CT molecular complexity index is 371. The van der Waals surface area contributed by atoms with E-state index in [2.05, 4.69) is 55.0 Å². The molecule has 0 aliphatic carbocycles. The van der Waals surface area contributed by atoms with Crippen LogP contribution in [-0.2, 0) is 0 Å². The first-order valence-corrected chi connectivity index (χ1v) is 7.14. The van der Waals surface area contributed by atoms with Crippen LogP contribution in [0.25, 0.3) is 6.08 Å². The topological polar surface area (TPSA) is 12.0 Å². The second-order valence-corrected chi connectivity index (χ2v) is 7.40. The first-order chi connectivity index (χ1) is 7.28. The Balaban J connectivity index is 2.63. The molecule has 0 aliphatic rings. The molecule has 0 aliphatic heterocycles. The Morgan fingerprint density at radius 3 is 2.62 bits per heavy atom. The van der Waals surface area contributed by atoms with E-state index in [-0.39, 0.29) is 5.54 Å². The molecular formula is C12H17BrClNS. The van der Waals surface area contributed by atoms with Gasteiger partial charge in [-0.15, -0.1) is 11.3 Å². The molecule has 1 aromatic rings. The van der Waals surface area contributed by atoms with Crippen molar-refractivity contribution >= 4 is 44.9 Å². The highest BCUT2D eigenvalue weighted by Gasteiger charge is 2.08. The van der Waals surface area contributed by atoms with Crippen LogP contribution in [0.5, 0.6) is 0 Å². The van der Waals surface area contributed by atoms with E-state index in [1.165, 1.54) is 10.5 Å². The van der Waals surface area contributed by atoms with Gasteiger partial charge in [0.1, 0.15) is 4.34 Å². The molecule has 1 nitrogen and oxygen atoms in total. The minimum atomic E-state index is 0.156. The molecule has 0 fully saturated rings. The standard InChI is InChI=1S/C12H17BrClNS/c1-8(7-15-12(2,3)4)5-9-6-10(13)11(14)16-9/h5-6,15H,7H2,1-4H3. The van der Waals surface area contributed by atoms with Crippen LogP contribution in [0.2, 0.25) is 4.34 Å². The van der Waals surface area contributed by atoms with Crippen LogP contribution in [0.1, 0.15) is 32.6 Å². The lowest BCUT2D eigenvalue weighted by Crippen LogP contribution is -2.36. The van der Waals surface area contributed by atoms with Gasteiger partial charge in [-0.25, -0.2) is 0 Å². The van der Waals surface area contributed by atoms with Gasteiger partial charge >= 0.3 is 0 Å². The van der Waals surface area contributed by atoms with Crippen molar-refractivity contribution in [1.82, 2.24) is 5.32 Å². The van der Waals surface area contributed by atoms with Crippen LogP contribution >= 0.6 is 38.9 Å². The van der Waals surface area contributed by atoms with Crippen LogP contribution in [0.3, 0.4) is 0 Å². The fourth-order valence-corrected chi connectivity index (χ4v) is 2.90. The number of hydrogen-bond donors (Lipinski definition) is 1. The van der Waals surface area contributed by atoms with E-state index in [4.69, 9.17) is 11.6 Å². The van der Waals surface area contributed by atoms with Gasteiger partial charge < -0.3 is 5.32 Å². The molecule has 1 N–H and O–H groups in total. The second kappa shape index (κ2) is 5.67. The van der Waals surface area contributed by atoms with Gasteiger partial charge in [-0.1, -0.05) is 17.2 Å². The van der Waals surface area contributed by atoms with Gasteiger partial charge in [-0.05, 0) is 55.8 Å². The normalized spacial score (nSPS) is 13.2. The molecule has 0 bridgehead atoms. The summed E-state index contributed by atoms with van der Waals surface area (Å²) in [7, 11) is 0. The van der Waals surface area contributed by atoms with Gasteiger partial charge in [-0.3, -0.25) is 0 Å². The van der Waals surface area contributed by atoms with Gasteiger partial charge in [0.2, 0.25) is 0 Å². The summed E-state index contributed by atoms with van der Waals surface area (Å²) in [6.07, 6.45) is 2.17. The zero-order valence-corrected chi connectivity index (χ0v) is 13.2. The highest BCUT2D eigenvalue weighted by atomic mass is 79.9. The molecule has 4 heteroatoms. The molecule has 0 spiro atoms. The predicted octanol–water partition coefficient (Wildman–Crippen LogP) is 4.96. The third-order valence-electron chi connectivity index (χ3n) is 1.95. The maximum absolute atomic E-state index is 5.99. The van der Waals surface area contributed by atoms with Crippen molar-refractivity contribution < 1.29 is 0 Å². The average Bonchev–Trinajstić information content (AvgIpc) is 2.41. The fraction of sp³-hybridized carbons (Fsp3) is 0.500. The Kier molecular flexibility index (Phi) is 5.05. The Hall–Kier alpha value is 0.170. The maximum Gasteiger partial charge on any atom is 0.108 e. The first-order valence-electron chi connectivity index (χ1n) is 5.15. The molecule has 0 atom stereocenters. The highest BCUT2D eigenvalue weighted by molar-refractivity contribution is 9.10. The van der Waals surface area contributed by atoms with Crippen molar-refractivity contribution in [3.63, 3.8) is 0 Å². The molecule has 1 aromatic heterocycles. The SMILES string of the molecule is CC(=Cc1cc(Br)c(Cl)s1)CNC(C)(C)C. The summed E-state index contributed by atoms with van der Waals surface area (Å²) in [5, 5.41) is 3.45. The molecule has 0 unspecified atom stereocenters. The summed E-state index contributed by atoms with van der Waals surface area (Å²) >= 11 is 11.0. The fourth-order valence-electron chi connectivity index (χ4n) is 1.13. The molecule has 16 heavy (non-hydrogen) atoms. The van der Waals surface area contributed by atoms with E-state index < -0.39 is 0 Å². The van der Waals surface area contributed by atoms with Crippen LogP contribution in [0.15, 0.2) is 16.1 Å². The van der Waals surface area contributed by atoms with Gasteiger partial charge in [0.15, 0.2) is 0 Å². The van der Waals surface area contributed by atoms with E-state index in [9.17, 15) is 0 Å². The monoisotopic (exact) mass is 321 g/mol. The number of thiophene rings is 1. The first kappa shape index (κ1) is 14.2. The molecule has 0 radical (unpaired) electrons. The van der Waals surface area contributed by atoms with Crippen LogP contribution in [0.4, 0.5) is 0 Å². The molecule has 0 saturated carbocycles. The molecule has 1 rings (SSSR count). The van der Waals surface area contributed by atoms with Crippen LogP contribution in [-0.4, -0.2) is 12.1 Å². The van der Waals surface area contributed by atoms with Crippen molar-refractivity contribution in [3.05, 3.63) is 25.3 Å². The summed E-state index contributed by atoms with van der Waals surface area (Å²) in [6.45, 7) is 9.52. The summed E-state index contributed by atoms with van der Waals surface area (Å²) < 4.78 is 1.78. The zero-order chi connectivity index (χ0) is 12.3. The van der Waals surface area contributed by atoms with Gasteiger partial charge in [0.05, 0.1) is 0 Å². The number of hydrogen-bond acceptors (Lipinski definition) is 2. The summed E-state index contributed by atoms with van der Waals surface area (Å²) in [6, 6.07) is 2.05. The molecule has 0 amide bonds. The van der Waals surface area contributed by atoms with Gasteiger partial charge in [0, 0.05) is 21.4 Å². The third kappa shape index (κ3) is 5.00. The number of nitrogens with one attached hydrogen (secondary N) is 1. The number of rotatable bonds is 3. The lowest BCUT2D eigenvalue weighted by molar-refractivity contribution is 0.445. The lowest BCUT2D eigenvalue weighted by atomic mass is 10.1. The van der Waals surface area contributed by atoms with Gasteiger partial charge in [0.25, 0.3) is 0 Å². The van der Waals surface area contributed by atoms with Crippen molar-refractivity contribution in [2.24, 2.45) is 0 Å². The Labute approximate surface area is 115 Å². The van der Waals surface area contributed by atoms with E-state index >= 15 is 0 Å². The minimum absolute atomic E-state index is 0.156. The number of halogens is 2. The lowest BCUT2D eigenvalue weighted by Gasteiger charge is -2.20. The quantitative estimate of drug-likeness (QED) is 0.829. The Morgan fingerprint density at radius 1 is 1.56 bits per heavy atom. The smallest absolute Gasteiger partial charge is 0.108 e. The van der Waals surface area contributed by atoms with Crippen molar-refractivity contribution in [1.29, 1.82) is 0 Å². The van der Waals surface area contributed by atoms with E-state index in [1.54, 1.807) is 11.3 Å². The molecule has 1 heterocycles. The molecule has 0 aromatic carbocycles. The average molecular weight is 323 g/mol. The minimum Gasteiger partial charge on any atom is -0.308 e. The third-order valence-corrected chi connectivity index (χ3v) is 4.37. The van der Waals surface area contributed by atoms with E-state index in [0.717, 1.165) is 15.4 Å². The largest absolute Gasteiger partial charge is 0.308 e. The highest BCUT2D eigenvalue weighted by Crippen LogP contribution is 2.33. The zero-order valence-electron chi connectivity index (χ0n) is 10.0.